The van der Waals surface area contributed by atoms with Crippen LogP contribution in [-0.2, 0) is 9.59 Å². The van der Waals surface area contributed by atoms with Crippen molar-refractivity contribution in [2.45, 2.75) is 32.2 Å². The molecule has 2 amide bonds. The third-order valence-corrected chi connectivity index (χ3v) is 5.06. The minimum absolute atomic E-state index is 0.0172. The van der Waals surface area contributed by atoms with E-state index in [4.69, 9.17) is 5.73 Å². The van der Waals surface area contributed by atoms with Crippen molar-refractivity contribution in [3.8, 4) is 0 Å². The number of aryl methyl sites for hydroxylation is 2. The molecule has 3 N–H and O–H groups in total. The molecule has 1 aromatic carbocycles. The molecule has 6 heteroatoms. The zero-order chi connectivity index (χ0) is 17.9. The van der Waals surface area contributed by atoms with Gasteiger partial charge < -0.3 is 11.1 Å². The first-order chi connectivity index (χ1) is 11.3. The van der Waals surface area contributed by atoms with Crippen LogP contribution in [-0.4, -0.2) is 60.9 Å². The Labute approximate surface area is 144 Å². The van der Waals surface area contributed by atoms with E-state index in [2.05, 4.69) is 5.32 Å². The summed E-state index contributed by atoms with van der Waals surface area (Å²) in [5.41, 5.74) is 7.72. The number of likely N-dealkylation sites (N-methyl/N-ethyl adjacent to an activating group) is 1. The van der Waals surface area contributed by atoms with Crippen LogP contribution in [0.3, 0.4) is 0 Å². The zero-order valence-corrected chi connectivity index (χ0v) is 15.1. The van der Waals surface area contributed by atoms with Crippen LogP contribution < -0.4 is 11.1 Å². The number of anilines is 1. The summed E-state index contributed by atoms with van der Waals surface area (Å²) in [4.78, 5) is 28.2. The van der Waals surface area contributed by atoms with Gasteiger partial charge in [-0.2, -0.15) is 0 Å². The number of carbonyl (C=O) groups excluding carboxylic acids is 2. The van der Waals surface area contributed by atoms with Crippen molar-refractivity contribution in [2.24, 2.45) is 5.73 Å². The SMILES string of the molecule is Cc1cccc(C)c1NC(=O)C1(N(C)C)CCN(CC(N)=O)CC1. The number of amides is 2. The van der Waals surface area contributed by atoms with E-state index in [-0.39, 0.29) is 18.4 Å². The quantitative estimate of drug-likeness (QED) is 0.847. The van der Waals surface area contributed by atoms with Gasteiger partial charge in [-0.25, -0.2) is 0 Å². The van der Waals surface area contributed by atoms with Crippen molar-refractivity contribution < 1.29 is 9.59 Å². The number of carbonyl (C=O) groups is 2. The highest BCUT2D eigenvalue weighted by Crippen LogP contribution is 2.30. The summed E-state index contributed by atoms with van der Waals surface area (Å²) in [7, 11) is 3.88. The molecule has 1 fully saturated rings. The second kappa shape index (κ2) is 7.32. The topological polar surface area (TPSA) is 78.7 Å². The lowest BCUT2D eigenvalue weighted by Gasteiger charge is -2.44. The molecule has 0 radical (unpaired) electrons. The van der Waals surface area contributed by atoms with E-state index in [0.717, 1.165) is 16.8 Å². The lowest BCUT2D eigenvalue weighted by Crippen LogP contribution is -2.60. The number of nitrogens with two attached hydrogens (primary N) is 1. The second-order valence-electron chi connectivity index (χ2n) is 6.89. The Morgan fingerprint density at radius 2 is 1.75 bits per heavy atom. The summed E-state index contributed by atoms with van der Waals surface area (Å²) >= 11 is 0. The van der Waals surface area contributed by atoms with E-state index >= 15 is 0 Å². The highest BCUT2D eigenvalue weighted by molar-refractivity contribution is 5.99. The number of rotatable bonds is 5. The van der Waals surface area contributed by atoms with Crippen LogP contribution in [0.15, 0.2) is 18.2 Å². The van der Waals surface area contributed by atoms with E-state index in [1.165, 1.54) is 0 Å². The standard InChI is InChI=1S/C18H28N4O2/c1-13-6-5-7-14(2)16(13)20-17(24)18(21(3)4)8-10-22(11-9-18)12-15(19)23/h5-7H,8-12H2,1-4H3,(H2,19,23)(H,20,24). The highest BCUT2D eigenvalue weighted by Gasteiger charge is 2.43. The molecule has 2 rings (SSSR count). The molecule has 0 bridgehead atoms. The average Bonchev–Trinajstić information content (AvgIpc) is 2.51. The van der Waals surface area contributed by atoms with Gasteiger partial charge in [0.25, 0.3) is 0 Å². The lowest BCUT2D eigenvalue weighted by atomic mass is 9.85. The number of nitrogens with one attached hydrogen (secondary N) is 1. The number of likely N-dealkylation sites (tertiary alicyclic amines) is 1. The lowest BCUT2D eigenvalue weighted by molar-refractivity contribution is -0.130. The molecule has 1 aliphatic heterocycles. The molecule has 0 spiro atoms. The normalized spacial score (nSPS) is 17.7. The third kappa shape index (κ3) is 3.76. The molecule has 132 valence electrons. The van der Waals surface area contributed by atoms with Gasteiger partial charge in [0.1, 0.15) is 5.54 Å². The fraction of sp³-hybridized carbons (Fsp3) is 0.556. The minimum Gasteiger partial charge on any atom is -0.369 e. The summed E-state index contributed by atoms with van der Waals surface area (Å²) in [5, 5.41) is 3.14. The molecule has 0 atom stereocenters. The smallest absolute Gasteiger partial charge is 0.244 e. The Kier molecular flexibility index (Phi) is 5.62. The Bertz CT molecular complexity index is 599. The molecule has 6 nitrogen and oxygen atoms in total. The van der Waals surface area contributed by atoms with E-state index in [0.29, 0.717) is 25.9 Å². The van der Waals surface area contributed by atoms with Gasteiger partial charge in [-0.15, -0.1) is 0 Å². The zero-order valence-electron chi connectivity index (χ0n) is 15.1. The first-order valence-corrected chi connectivity index (χ1v) is 8.32. The fourth-order valence-electron chi connectivity index (χ4n) is 3.42. The number of piperidine rings is 1. The molecule has 24 heavy (non-hydrogen) atoms. The van der Waals surface area contributed by atoms with Crippen molar-refractivity contribution in [1.29, 1.82) is 0 Å². The number of para-hydroxylation sites is 1. The predicted molar refractivity (Wildman–Crippen MR) is 95.8 cm³/mol. The molecular formula is C18H28N4O2. The van der Waals surface area contributed by atoms with Crippen molar-refractivity contribution >= 4 is 17.5 Å². The van der Waals surface area contributed by atoms with Crippen molar-refractivity contribution in [3.63, 3.8) is 0 Å². The van der Waals surface area contributed by atoms with E-state index in [1.54, 1.807) is 0 Å². The van der Waals surface area contributed by atoms with E-state index < -0.39 is 5.54 Å². The van der Waals surface area contributed by atoms with Crippen LogP contribution in [0.2, 0.25) is 0 Å². The van der Waals surface area contributed by atoms with E-state index in [1.807, 2.05) is 55.9 Å². The number of primary amides is 1. The molecule has 1 aliphatic rings. The molecule has 1 saturated heterocycles. The molecule has 0 aliphatic carbocycles. The van der Waals surface area contributed by atoms with Crippen LogP contribution in [0.5, 0.6) is 0 Å². The van der Waals surface area contributed by atoms with Gasteiger partial charge in [-0.3, -0.25) is 19.4 Å². The Morgan fingerprint density at radius 1 is 1.21 bits per heavy atom. The second-order valence-corrected chi connectivity index (χ2v) is 6.89. The first-order valence-electron chi connectivity index (χ1n) is 8.32. The number of hydrogen-bond donors (Lipinski definition) is 2. The maximum absolute atomic E-state index is 13.1. The van der Waals surface area contributed by atoms with Crippen LogP contribution in [0.4, 0.5) is 5.69 Å². The van der Waals surface area contributed by atoms with Crippen molar-refractivity contribution in [2.75, 3.05) is 39.0 Å². The first kappa shape index (κ1) is 18.4. The number of nitrogens with zero attached hydrogens (tertiary/aromatic N) is 2. The molecule has 0 aromatic heterocycles. The summed E-state index contributed by atoms with van der Waals surface area (Å²) in [6, 6.07) is 5.99. The molecule has 0 unspecified atom stereocenters. The minimum atomic E-state index is -0.567. The fourth-order valence-corrected chi connectivity index (χ4v) is 3.42. The average molecular weight is 332 g/mol. The van der Waals surface area contributed by atoms with Gasteiger partial charge in [-0.1, -0.05) is 18.2 Å². The molecule has 1 aromatic rings. The van der Waals surface area contributed by atoms with Gasteiger partial charge in [0.05, 0.1) is 6.54 Å². The van der Waals surface area contributed by atoms with Crippen LogP contribution >= 0.6 is 0 Å². The van der Waals surface area contributed by atoms with Crippen LogP contribution in [0.25, 0.3) is 0 Å². The van der Waals surface area contributed by atoms with E-state index in [9.17, 15) is 9.59 Å². The predicted octanol–water partition coefficient (Wildman–Crippen LogP) is 1.12. The summed E-state index contributed by atoms with van der Waals surface area (Å²) in [6.07, 6.45) is 1.34. The van der Waals surface area contributed by atoms with Gasteiger partial charge >= 0.3 is 0 Å². The largest absolute Gasteiger partial charge is 0.369 e. The highest BCUT2D eigenvalue weighted by atomic mass is 16.2. The molecule has 0 saturated carbocycles. The Balaban J connectivity index is 2.16. The van der Waals surface area contributed by atoms with Crippen LogP contribution in [0, 0.1) is 13.8 Å². The van der Waals surface area contributed by atoms with Gasteiger partial charge in [0, 0.05) is 18.8 Å². The summed E-state index contributed by atoms with van der Waals surface area (Å²) in [6.45, 7) is 5.62. The summed E-state index contributed by atoms with van der Waals surface area (Å²) in [5.74, 6) is -0.309. The van der Waals surface area contributed by atoms with Crippen molar-refractivity contribution in [3.05, 3.63) is 29.3 Å². The van der Waals surface area contributed by atoms with Gasteiger partial charge in [0.2, 0.25) is 11.8 Å². The van der Waals surface area contributed by atoms with Gasteiger partial charge in [0.15, 0.2) is 0 Å². The Morgan fingerprint density at radius 3 is 2.21 bits per heavy atom. The summed E-state index contributed by atoms with van der Waals surface area (Å²) < 4.78 is 0. The maximum atomic E-state index is 13.1. The van der Waals surface area contributed by atoms with Crippen molar-refractivity contribution in [1.82, 2.24) is 9.80 Å². The monoisotopic (exact) mass is 332 g/mol. The Hall–Kier alpha value is -1.92. The molecule has 1 heterocycles. The number of benzene rings is 1. The number of hydrogen-bond acceptors (Lipinski definition) is 4. The van der Waals surface area contributed by atoms with Crippen LogP contribution in [0.1, 0.15) is 24.0 Å². The maximum Gasteiger partial charge on any atom is 0.244 e. The molecular weight excluding hydrogens is 304 g/mol. The third-order valence-electron chi connectivity index (χ3n) is 5.06. The van der Waals surface area contributed by atoms with Gasteiger partial charge in [-0.05, 0) is 51.9 Å².